The van der Waals surface area contributed by atoms with Crippen molar-refractivity contribution in [3.63, 3.8) is 0 Å². The first-order chi connectivity index (χ1) is 10.6. The predicted octanol–water partition coefficient (Wildman–Crippen LogP) is 2.56. The number of hydrogen-bond donors (Lipinski definition) is 1. The number of rotatable bonds is 7. The monoisotopic (exact) mass is 383 g/mol. The average molecular weight is 384 g/mol. The summed E-state index contributed by atoms with van der Waals surface area (Å²) in [6.45, 7) is 1.47. The van der Waals surface area contributed by atoms with Crippen LogP contribution in [0, 0.1) is 0 Å². The Labute approximate surface area is 142 Å². The normalized spacial score (nSPS) is 10.5. The minimum Gasteiger partial charge on any atom is -0.492 e. The van der Waals surface area contributed by atoms with Crippen LogP contribution < -0.4 is 10.5 Å². The van der Waals surface area contributed by atoms with Gasteiger partial charge in [0, 0.05) is 23.3 Å². The molecule has 0 fully saturated rings. The van der Waals surface area contributed by atoms with E-state index in [4.69, 9.17) is 10.5 Å². The van der Waals surface area contributed by atoms with Gasteiger partial charge in [-0.2, -0.15) is 0 Å². The number of thiazole rings is 1. The lowest BCUT2D eigenvalue weighted by Gasteiger charge is -2.16. The van der Waals surface area contributed by atoms with E-state index in [9.17, 15) is 4.79 Å². The summed E-state index contributed by atoms with van der Waals surface area (Å²) in [6, 6.07) is 7.59. The molecule has 22 heavy (non-hydrogen) atoms. The topological polar surface area (TPSA) is 68.5 Å². The Balaban J connectivity index is 1.81. The highest BCUT2D eigenvalue weighted by atomic mass is 79.9. The summed E-state index contributed by atoms with van der Waals surface area (Å²) in [5.41, 5.74) is 5.96. The summed E-state index contributed by atoms with van der Waals surface area (Å²) in [5.74, 6) is 0.682. The molecule has 118 valence electrons. The molecule has 0 unspecified atom stereocenters. The lowest BCUT2D eigenvalue weighted by molar-refractivity contribution is 0.0768. The second-order valence-electron chi connectivity index (χ2n) is 4.69. The molecule has 2 N–H and O–H groups in total. The number of carbonyl (C=O) groups excluding carboxylic acids is 1. The molecule has 1 aromatic carbocycles. The van der Waals surface area contributed by atoms with Crippen LogP contribution >= 0.6 is 27.3 Å². The van der Waals surface area contributed by atoms with Gasteiger partial charge in [0.05, 0.1) is 11.6 Å². The van der Waals surface area contributed by atoms with E-state index in [0.717, 1.165) is 15.2 Å². The van der Waals surface area contributed by atoms with Crippen LogP contribution in [0.4, 0.5) is 0 Å². The molecule has 7 heteroatoms. The number of ether oxygens (including phenoxy) is 1. The summed E-state index contributed by atoms with van der Waals surface area (Å²) in [6.07, 6.45) is 0.703. The van der Waals surface area contributed by atoms with E-state index in [-0.39, 0.29) is 5.91 Å². The Morgan fingerprint density at radius 1 is 1.41 bits per heavy atom. The van der Waals surface area contributed by atoms with E-state index in [1.807, 2.05) is 24.3 Å². The zero-order valence-corrected chi connectivity index (χ0v) is 14.7. The first-order valence-corrected chi connectivity index (χ1v) is 8.55. The van der Waals surface area contributed by atoms with Crippen molar-refractivity contribution in [1.29, 1.82) is 0 Å². The van der Waals surface area contributed by atoms with E-state index in [2.05, 4.69) is 20.9 Å². The summed E-state index contributed by atoms with van der Waals surface area (Å²) < 4.78 is 6.62. The smallest absolute Gasteiger partial charge is 0.273 e. The maximum atomic E-state index is 12.2. The molecule has 1 amide bonds. The molecule has 1 aromatic heterocycles. The van der Waals surface area contributed by atoms with Gasteiger partial charge >= 0.3 is 0 Å². The zero-order chi connectivity index (χ0) is 15.9. The fourth-order valence-electron chi connectivity index (χ4n) is 1.78. The molecular formula is C15H18BrN3O2S. The summed E-state index contributed by atoms with van der Waals surface area (Å²) >= 11 is 4.84. The number of halogens is 1. The molecule has 2 rings (SSSR count). The quantitative estimate of drug-likeness (QED) is 0.797. The van der Waals surface area contributed by atoms with E-state index in [0.29, 0.717) is 31.8 Å². The number of aromatic nitrogens is 1. The predicted molar refractivity (Wildman–Crippen MR) is 91.5 cm³/mol. The van der Waals surface area contributed by atoms with Crippen LogP contribution in [-0.2, 0) is 6.42 Å². The Morgan fingerprint density at radius 2 is 2.14 bits per heavy atom. The fourth-order valence-corrected chi connectivity index (χ4v) is 2.83. The van der Waals surface area contributed by atoms with Gasteiger partial charge in [-0.1, -0.05) is 15.9 Å². The van der Waals surface area contributed by atoms with Crippen molar-refractivity contribution in [2.24, 2.45) is 5.73 Å². The average Bonchev–Trinajstić information content (AvgIpc) is 2.97. The first kappa shape index (κ1) is 16.9. The summed E-state index contributed by atoms with van der Waals surface area (Å²) in [4.78, 5) is 18.1. The molecule has 5 nitrogen and oxygen atoms in total. The molecule has 0 saturated heterocycles. The molecular weight excluding hydrogens is 366 g/mol. The van der Waals surface area contributed by atoms with Gasteiger partial charge in [0.1, 0.15) is 18.1 Å². The van der Waals surface area contributed by atoms with E-state index < -0.39 is 0 Å². The molecule has 0 aliphatic carbocycles. The van der Waals surface area contributed by atoms with Crippen LogP contribution in [0.3, 0.4) is 0 Å². The minimum atomic E-state index is -0.0982. The van der Waals surface area contributed by atoms with Crippen molar-refractivity contribution in [2.45, 2.75) is 6.42 Å². The fraction of sp³-hybridized carbons (Fsp3) is 0.333. The second kappa shape index (κ2) is 8.26. The van der Waals surface area contributed by atoms with Gasteiger partial charge in [-0.15, -0.1) is 11.3 Å². The molecule has 0 saturated carbocycles. The van der Waals surface area contributed by atoms with Gasteiger partial charge in [0.25, 0.3) is 5.91 Å². The summed E-state index contributed by atoms with van der Waals surface area (Å²) in [7, 11) is 1.75. The zero-order valence-electron chi connectivity index (χ0n) is 12.3. The molecule has 0 atom stereocenters. The molecule has 0 aliphatic rings. The van der Waals surface area contributed by atoms with Crippen molar-refractivity contribution < 1.29 is 9.53 Å². The van der Waals surface area contributed by atoms with Crippen LogP contribution in [0.15, 0.2) is 34.1 Å². The van der Waals surface area contributed by atoms with Crippen LogP contribution in [0.2, 0.25) is 0 Å². The number of likely N-dealkylation sites (N-methyl/N-ethyl adjacent to an activating group) is 1. The minimum absolute atomic E-state index is 0.0982. The molecule has 0 aliphatic heterocycles. The number of carbonyl (C=O) groups is 1. The third-order valence-electron chi connectivity index (χ3n) is 2.98. The Morgan fingerprint density at radius 3 is 2.82 bits per heavy atom. The molecule has 0 spiro atoms. The largest absolute Gasteiger partial charge is 0.492 e. The van der Waals surface area contributed by atoms with Crippen molar-refractivity contribution in [3.05, 3.63) is 44.8 Å². The van der Waals surface area contributed by atoms with Gasteiger partial charge in [-0.25, -0.2) is 4.98 Å². The maximum Gasteiger partial charge on any atom is 0.273 e. The Kier molecular flexibility index (Phi) is 6.35. The Hall–Kier alpha value is -1.44. The third-order valence-corrected chi connectivity index (χ3v) is 4.42. The van der Waals surface area contributed by atoms with Gasteiger partial charge in [-0.05, 0) is 30.8 Å². The van der Waals surface area contributed by atoms with Crippen molar-refractivity contribution in [3.8, 4) is 5.75 Å². The number of amides is 1. The SMILES string of the molecule is CN(CCOc1ccc(Br)cc1)C(=O)c1csc(CCN)n1. The van der Waals surface area contributed by atoms with Crippen molar-refractivity contribution in [2.75, 3.05) is 26.7 Å². The van der Waals surface area contributed by atoms with E-state index in [1.54, 1.807) is 17.3 Å². The highest BCUT2D eigenvalue weighted by molar-refractivity contribution is 9.10. The van der Waals surface area contributed by atoms with Crippen molar-refractivity contribution in [1.82, 2.24) is 9.88 Å². The molecule has 2 aromatic rings. The van der Waals surface area contributed by atoms with Crippen LogP contribution in [0.5, 0.6) is 5.75 Å². The van der Waals surface area contributed by atoms with E-state index in [1.165, 1.54) is 11.3 Å². The molecule has 0 bridgehead atoms. The standard InChI is InChI=1S/C15H18BrN3O2S/c1-19(8-9-21-12-4-2-11(16)3-5-12)15(20)13-10-22-14(18-13)6-7-17/h2-5,10H,6-9,17H2,1H3. The molecule has 0 radical (unpaired) electrons. The molecule has 1 heterocycles. The first-order valence-electron chi connectivity index (χ1n) is 6.88. The summed E-state index contributed by atoms with van der Waals surface area (Å²) in [5, 5.41) is 2.67. The number of nitrogens with zero attached hydrogens (tertiary/aromatic N) is 2. The third kappa shape index (κ3) is 4.79. The van der Waals surface area contributed by atoms with Crippen LogP contribution in [-0.4, -0.2) is 42.5 Å². The van der Waals surface area contributed by atoms with Crippen LogP contribution in [0.1, 0.15) is 15.5 Å². The lowest BCUT2D eigenvalue weighted by Crippen LogP contribution is -2.31. The van der Waals surface area contributed by atoms with Gasteiger partial charge in [0.15, 0.2) is 0 Å². The Bertz CT molecular complexity index is 616. The number of benzene rings is 1. The van der Waals surface area contributed by atoms with Crippen molar-refractivity contribution >= 4 is 33.2 Å². The van der Waals surface area contributed by atoms with Gasteiger partial charge in [-0.3, -0.25) is 4.79 Å². The van der Waals surface area contributed by atoms with Crippen LogP contribution in [0.25, 0.3) is 0 Å². The highest BCUT2D eigenvalue weighted by Gasteiger charge is 2.15. The van der Waals surface area contributed by atoms with E-state index >= 15 is 0 Å². The highest BCUT2D eigenvalue weighted by Crippen LogP contribution is 2.16. The lowest BCUT2D eigenvalue weighted by atomic mass is 10.3. The van der Waals surface area contributed by atoms with Gasteiger partial charge in [0.2, 0.25) is 0 Å². The number of nitrogens with two attached hydrogens (primary N) is 1. The second-order valence-corrected chi connectivity index (χ2v) is 6.55. The number of hydrogen-bond acceptors (Lipinski definition) is 5. The maximum absolute atomic E-state index is 12.2. The van der Waals surface area contributed by atoms with Gasteiger partial charge < -0.3 is 15.4 Å².